The fourth-order valence-electron chi connectivity index (χ4n) is 3.17. The summed E-state index contributed by atoms with van der Waals surface area (Å²) < 4.78 is 5.55. The average molecular weight is 233 g/mol. The molecule has 0 amide bonds. The molecule has 0 aliphatic heterocycles. The third-order valence-corrected chi connectivity index (χ3v) is 3.93. The van der Waals surface area contributed by atoms with E-state index in [-0.39, 0.29) is 0 Å². The summed E-state index contributed by atoms with van der Waals surface area (Å²) >= 11 is 0. The van der Waals surface area contributed by atoms with Crippen molar-refractivity contribution in [2.75, 3.05) is 14.2 Å². The molecule has 1 aromatic carbocycles. The monoisotopic (exact) mass is 233 g/mol. The quantitative estimate of drug-likeness (QED) is 0.791. The van der Waals surface area contributed by atoms with Crippen molar-refractivity contribution in [1.29, 1.82) is 0 Å². The van der Waals surface area contributed by atoms with E-state index in [1.807, 2.05) is 0 Å². The molecule has 1 atom stereocenters. The van der Waals surface area contributed by atoms with Gasteiger partial charge in [-0.25, -0.2) is 0 Å². The lowest BCUT2D eigenvalue weighted by Crippen LogP contribution is -2.18. The maximum Gasteiger partial charge on any atom is 0.125 e. The summed E-state index contributed by atoms with van der Waals surface area (Å²) in [5.41, 5.74) is 5.58. The SMILES string of the molecule is CNC1CCCCc2cc(C)c(OC)c(C)c21. The molecule has 0 spiro atoms. The van der Waals surface area contributed by atoms with Gasteiger partial charge in [0.2, 0.25) is 0 Å². The summed E-state index contributed by atoms with van der Waals surface area (Å²) in [6, 6.07) is 2.80. The maximum atomic E-state index is 5.55. The second-order valence-corrected chi connectivity index (χ2v) is 5.01. The molecule has 0 radical (unpaired) electrons. The zero-order chi connectivity index (χ0) is 12.4. The lowest BCUT2D eigenvalue weighted by Gasteiger charge is -2.22. The van der Waals surface area contributed by atoms with Gasteiger partial charge in [-0.2, -0.15) is 0 Å². The second kappa shape index (κ2) is 5.09. The van der Waals surface area contributed by atoms with Gasteiger partial charge < -0.3 is 10.1 Å². The highest BCUT2D eigenvalue weighted by Crippen LogP contribution is 2.37. The minimum absolute atomic E-state index is 0.488. The standard InChI is InChI=1S/C15H23NO/c1-10-9-12-7-5-6-8-13(16-3)14(12)11(2)15(10)17-4/h9,13,16H,5-8H2,1-4H3. The van der Waals surface area contributed by atoms with Crippen molar-refractivity contribution < 1.29 is 4.74 Å². The van der Waals surface area contributed by atoms with Gasteiger partial charge in [-0.05, 0) is 62.4 Å². The van der Waals surface area contributed by atoms with Crippen LogP contribution in [0.4, 0.5) is 0 Å². The molecule has 2 rings (SSSR count). The Kier molecular flexibility index (Phi) is 3.72. The first-order valence-electron chi connectivity index (χ1n) is 6.53. The molecule has 1 N–H and O–H groups in total. The number of rotatable bonds is 2. The number of benzene rings is 1. The molecular formula is C15H23NO. The normalized spacial score (nSPS) is 19.6. The van der Waals surface area contributed by atoms with Crippen molar-refractivity contribution in [2.45, 2.75) is 45.6 Å². The minimum atomic E-state index is 0.488. The molecule has 2 nitrogen and oxygen atoms in total. The van der Waals surface area contributed by atoms with Crippen LogP contribution in [0, 0.1) is 13.8 Å². The Hall–Kier alpha value is -1.02. The Morgan fingerprint density at radius 1 is 1.29 bits per heavy atom. The minimum Gasteiger partial charge on any atom is -0.496 e. The van der Waals surface area contributed by atoms with E-state index in [4.69, 9.17) is 4.74 Å². The van der Waals surface area contributed by atoms with Crippen LogP contribution in [0.2, 0.25) is 0 Å². The van der Waals surface area contributed by atoms with E-state index in [0.29, 0.717) is 6.04 Å². The molecule has 0 bridgehead atoms. The molecule has 1 aliphatic rings. The number of hydrogen-bond acceptors (Lipinski definition) is 2. The number of hydrogen-bond donors (Lipinski definition) is 1. The summed E-state index contributed by atoms with van der Waals surface area (Å²) in [7, 11) is 3.83. The molecule has 2 heteroatoms. The fourth-order valence-corrected chi connectivity index (χ4v) is 3.17. The van der Waals surface area contributed by atoms with Crippen LogP contribution in [-0.4, -0.2) is 14.2 Å². The molecule has 94 valence electrons. The Balaban J connectivity index is 2.59. The Morgan fingerprint density at radius 3 is 2.71 bits per heavy atom. The highest BCUT2D eigenvalue weighted by Gasteiger charge is 2.22. The average Bonchev–Trinajstić information content (AvgIpc) is 2.51. The van der Waals surface area contributed by atoms with E-state index in [1.165, 1.54) is 47.9 Å². The van der Waals surface area contributed by atoms with Crippen molar-refractivity contribution in [3.8, 4) is 5.75 Å². The first-order chi connectivity index (χ1) is 8.19. The lowest BCUT2D eigenvalue weighted by molar-refractivity contribution is 0.406. The number of methoxy groups -OCH3 is 1. The molecule has 1 unspecified atom stereocenters. The molecular weight excluding hydrogens is 210 g/mol. The predicted octanol–water partition coefficient (Wildman–Crippen LogP) is 3.30. The van der Waals surface area contributed by atoms with Crippen molar-refractivity contribution in [3.05, 3.63) is 28.3 Å². The predicted molar refractivity (Wildman–Crippen MR) is 71.8 cm³/mol. The first-order valence-corrected chi connectivity index (χ1v) is 6.53. The second-order valence-electron chi connectivity index (χ2n) is 5.01. The van der Waals surface area contributed by atoms with Crippen LogP contribution < -0.4 is 10.1 Å². The molecule has 0 saturated heterocycles. The molecule has 0 aromatic heterocycles. The molecule has 1 aromatic rings. The van der Waals surface area contributed by atoms with Crippen molar-refractivity contribution >= 4 is 0 Å². The third-order valence-electron chi connectivity index (χ3n) is 3.93. The number of aryl methyl sites for hydroxylation is 2. The molecule has 0 heterocycles. The maximum absolute atomic E-state index is 5.55. The van der Waals surface area contributed by atoms with Crippen LogP contribution in [0.1, 0.15) is 47.6 Å². The Morgan fingerprint density at radius 2 is 2.06 bits per heavy atom. The zero-order valence-electron chi connectivity index (χ0n) is 11.4. The summed E-state index contributed by atoms with van der Waals surface area (Å²) in [6.07, 6.45) is 5.05. The number of fused-ring (bicyclic) bond motifs is 1. The summed E-state index contributed by atoms with van der Waals surface area (Å²) in [5.74, 6) is 1.06. The number of ether oxygens (including phenoxy) is 1. The van der Waals surface area contributed by atoms with Gasteiger partial charge in [0.05, 0.1) is 7.11 Å². The number of nitrogens with one attached hydrogen (secondary N) is 1. The van der Waals surface area contributed by atoms with E-state index in [2.05, 4.69) is 32.3 Å². The summed E-state index contributed by atoms with van der Waals surface area (Å²) in [4.78, 5) is 0. The van der Waals surface area contributed by atoms with Crippen LogP contribution in [0.5, 0.6) is 5.75 Å². The van der Waals surface area contributed by atoms with Gasteiger partial charge in [0.15, 0.2) is 0 Å². The fraction of sp³-hybridized carbons (Fsp3) is 0.600. The molecule has 17 heavy (non-hydrogen) atoms. The van der Waals surface area contributed by atoms with Crippen molar-refractivity contribution in [1.82, 2.24) is 5.32 Å². The van der Waals surface area contributed by atoms with Crippen LogP contribution >= 0.6 is 0 Å². The van der Waals surface area contributed by atoms with Crippen molar-refractivity contribution in [3.63, 3.8) is 0 Å². The van der Waals surface area contributed by atoms with E-state index >= 15 is 0 Å². The van der Waals surface area contributed by atoms with E-state index in [1.54, 1.807) is 7.11 Å². The topological polar surface area (TPSA) is 21.3 Å². The third kappa shape index (κ3) is 2.19. The summed E-state index contributed by atoms with van der Waals surface area (Å²) in [6.45, 7) is 4.34. The molecule has 0 saturated carbocycles. The summed E-state index contributed by atoms with van der Waals surface area (Å²) in [5, 5.41) is 3.46. The zero-order valence-corrected chi connectivity index (χ0v) is 11.4. The van der Waals surface area contributed by atoms with E-state index in [9.17, 15) is 0 Å². The van der Waals surface area contributed by atoms with Crippen LogP contribution in [0.25, 0.3) is 0 Å². The van der Waals surface area contributed by atoms with Gasteiger partial charge in [-0.3, -0.25) is 0 Å². The van der Waals surface area contributed by atoms with Gasteiger partial charge in [-0.1, -0.05) is 12.5 Å². The van der Waals surface area contributed by atoms with E-state index in [0.717, 1.165) is 5.75 Å². The van der Waals surface area contributed by atoms with Gasteiger partial charge in [0.25, 0.3) is 0 Å². The highest BCUT2D eigenvalue weighted by atomic mass is 16.5. The van der Waals surface area contributed by atoms with Crippen LogP contribution in [-0.2, 0) is 6.42 Å². The van der Waals surface area contributed by atoms with Gasteiger partial charge in [-0.15, -0.1) is 0 Å². The smallest absolute Gasteiger partial charge is 0.125 e. The first kappa shape index (κ1) is 12.4. The van der Waals surface area contributed by atoms with Gasteiger partial charge in [0, 0.05) is 6.04 Å². The molecule has 0 fully saturated rings. The lowest BCUT2D eigenvalue weighted by atomic mass is 9.91. The van der Waals surface area contributed by atoms with Gasteiger partial charge in [0.1, 0.15) is 5.75 Å². The van der Waals surface area contributed by atoms with Gasteiger partial charge >= 0.3 is 0 Å². The molecule has 1 aliphatic carbocycles. The Bertz CT molecular complexity index is 412. The largest absolute Gasteiger partial charge is 0.496 e. The Labute approximate surface area is 104 Å². The van der Waals surface area contributed by atoms with E-state index < -0.39 is 0 Å². The van der Waals surface area contributed by atoms with Crippen LogP contribution in [0.15, 0.2) is 6.07 Å². The highest BCUT2D eigenvalue weighted by molar-refractivity contribution is 5.51. The van der Waals surface area contributed by atoms with Crippen LogP contribution in [0.3, 0.4) is 0 Å². The van der Waals surface area contributed by atoms with Crippen molar-refractivity contribution in [2.24, 2.45) is 0 Å².